The van der Waals surface area contributed by atoms with Crippen LogP contribution < -0.4 is 0 Å². The van der Waals surface area contributed by atoms with Crippen LogP contribution in [0.2, 0.25) is 0 Å². The van der Waals surface area contributed by atoms with Gasteiger partial charge >= 0.3 is 23.9 Å². The molecule has 12 heteroatoms. The van der Waals surface area contributed by atoms with Crippen molar-refractivity contribution >= 4 is 23.9 Å². The normalized spacial score (nSPS) is 13.5. The van der Waals surface area contributed by atoms with Gasteiger partial charge in [-0.1, -0.05) is 130 Å². The second-order valence-corrected chi connectivity index (χ2v) is 17.2. The van der Waals surface area contributed by atoms with E-state index in [9.17, 15) is 19.2 Å². The number of esters is 4. The van der Waals surface area contributed by atoms with Crippen molar-refractivity contribution in [3.05, 3.63) is 0 Å². The Bertz CT molecular complexity index is 1030. The van der Waals surface area contributed by atoms with Gasteiger partial charge in [-0.2, -0.15) is 0 Å². The van der Waals surface area contributed by atoms with E-state index in [4.69, 9.17) is 33.2 Å². The van der Waals surface area contributed by atoms with Gasteiger partial charge in [-0.05, 0) is 89.3 Å². The van der Waals surface area contributed by atoms with Gasteiger partial charge in [0.2, 0.25) is 0 Å². The summed E-state index contributed by atoms with van der Waals surface area (Å²) in [4.78, 5) is 51.9. The summed E-state index contributed by atoms with van der Waals surface area (Å²) in [5.41, 5.74) is 0. The minimum absolute atomic E-state index is 0.0856. The van der Waals surface area contributed by atoms with Crippen LogP contribution in [0.1, 0.15) is 195 Å². The van der Waals surface area contributed by atoms with Crippen molar-refractivity contribution in [2.45, 2.75) is 201 Å². The summed E-state index contributed by atoms with van der Waals surface area (Å²) in [7, 11) is 0. The molecule has 1 fully saturated rings. The van der Waals surface area contributed by atoms with Crippen LogP contribution in [0, 0.1) is 11.8 Å². The second-order valence-electron chi connectivity index (χ2n) is 17.2. The van der Waals surface area contributed by atoms with E-state index in [0.717, 1.165) is 38.9 Å². The Labute approximate surface area is 371 Å². The van der Waals surface area contributed by atoms with Gasteiger partial charge < -0.3 is 38.1 Å². The first-order valence-corrected chi connectivity index (χ1v) is 24.9. The summed E-state index contributed by atoms with van der Waals surface area (Å²) in [6, 6.07) is 0. The molecule has 1 aliphatic rings. The summed E-state index contributed by atoms with van der Waals surface area (Å²) >= 11 is 0. The highest BCUT2D eigenvalue weighted by molar-refractivity contribution is 5.73. The minimum Gasteiger partial charge on any atom is -0.464 e. The summed E-state index contributed by atoms with van der Waals surface area (Å²) in [6.07, 6.45) is 26.8. The van der Waals surface area contributed by atoms with E-state index >= 15 is 0 Å². The average molecular weight is 870 g/mol. The highest BCUT2D eigenvalue weighted by atomic mass is 16.6. The van der Waals surface area contributed by atoms with Crippen molar-refractivity contribution in [2.75, 3.05) is 79.1 Å². The molecule has 0 N–H and O–H groups in total. The van der Waals surface area contributed by atoms with Crippen molar-refractivity contribution in [1.29, 1.82) is 0 Å². The first kappa shape index (κ1) is 56.7. The average Bonchev–Trinajstić information content (AvgIpc) is 3.77. The highest BCUT2D eigenvalue weighted by Gasteiger charge is 2.18. The number of hydrogen-bond acceptors (Lipinski definition) is 12. The highest BCUT2D eigenvalue weighted by Crippen LogP contribution is 2.22. The van der Waals surface area contributed by atoms with Gasteiger partial charge in [-0.15, -0.1) is 0 Å². The van der Waals surface area contributed by atoms with E-state index in [1.165, 1.54) is 116 Å². The van der Waals surface area contributed by atoms with Crippen molar-refractivity contribution in [2.24, 2.45) is 11.8 Å². The van der Waals surface area contributed by atoms with E-state index in [-0.39, 0.29) is 51.1 Å². The molecule has 0 spiro atoms. The molecule has 0 saturated carbocycles. The van der Waals surface area contributed by atoms with Gasteiger partial charge in [0.1, 0.15) is 25.9 Å². The molecule has 0 radical (unpaired) electrons. The van der Waals surface area contributed by atoms with Crippen LogP contribution in [0.3, 0.4) is 0 Å². The van der Waals surface area contributed by atoms with E-state index in [0.29, 0.717) is 70.4 Å². The number of nitrogens with zero attached hydrogens (tertiary/aromatic N) is 1. The molecule has 0 aliphatic carbocycles. The third kappa shape index (κ3) is 35.8. The van der Waals surface area contributed by atoms with Crippen LogP contribution in [0.25, 0.3) is 0 Å². The van der Waals surface area contributed by atoms with Crippen molar-refractivity contribution in [1.82, 2.24) is 4.90 Å². The van der Waals surface area contributed by atoms with E-state index in [1.807, 2.05) is 0 Å². The van der Waals surface area contributed by atoms with Gasteiger partial charge in [0.25, 0.3) is 0 Å². The first-order valence-electron chi connectivity index (χ1n) is 24.9. The third-order valence-electron chi connectivity index (χ3n) is 11.6. The Morgan fingerprint density at radius 1 is 0.426 bits per heavy atom. The molecule has 358 valence electrons. The number of likely N-dealkylation sites (tertiary alicyclic amines) is 1. The molecule has 12 nitrogen and oxygen atoms in total. The van der Waals surface area contributed by atoms with E-state index in [2.05, 4.69) is 32.6 Å². The molecule has 1 aliphatic heterocycles. The zero-order valence-corrected chi connectivity index (χ0v) is 39.5. The van der Waals surface area contributed by atoms with Crippen LogP contribution in [0.5, 0.6) is 0 Å². The molecule has 0 amide bonds. The predicted octanol–water partition coefficient (Wildman–Crippen LogP) is 10.3. The monoisotopic (exact) mass is 870 g/mol. The molecule has 1 rings (SSSR count). The Balaban J connectivity index is 2.32. The Morgan fingerprint density at radius 2 is 0.869 bits per heavy atom. The fourth-order valence-electron chi connectivity index (χ4n) is 7.87. The first-order chi connectivity index (χ1) is 29.8. The van der Waals surface area contributed by atoms with Crippen LogP contribution in [-0.4, -0.2) is 114 Å². The summed E-state index contributed by atoms with van der Waals surface area (Å²) in [6.45, 7) is 13.3. The van der Waals surface area contributed by atoms with Crippen LogP contribution >= 0.6 is 0 Å². The fourth-order valence-corrected chi connectivity index (χ4v) is 7.87. The maximum Gasteiger partial charge on any atom is 0.332 e. The van der Waals surface area contributed by atoms with Crippen LogP contribution in [0.4, 0.5) is 0 Å². The number of ether oxygens (including phenoxy) is 7. The molecule has 0 bridgehead atoms. The number of unbranched alkanes of at least 4 members (excludes halogenated alkanes) is 8. The van der Waals surface area contributed by atoms with Gasteiger partial charge in [0, 0.05) is 13.0 Å². The van der Waals surface area contributed by atoms with E-state index in [1.54, 1.807) is 0 Å². The van der Waals surface area contributed by atoms with E-state index < -0.39 is 11.9 Å². The van der Waals surface area contributed by atoms with Crippen molar-refractivity contribution < 1.29 is 52.3 Å². The number of carbonyl (C=O) groups excluding carboxylic acids is 4. The molecule has 1 saturated heterocycles. The zero-order valence-electron chi connectivity index (χ0n) is 39.5. The van der Waals surface area contributed by atoms with Crippen LogP contribution in [-0.2, 0) is 52.3 Å². The number of carbonyl (C=O) groups is 4. The van der Waals surface area contributed by atoms with Gasteiger partial charge in [-0.3, -0.25) is 4.79 Å². The second kappa shape index (κ2) is 41.7. The van der Waals surface area contributed by atoms with Gasteiger partial charge in [-0.25, -0.2) is 14.4 Å². The molecule has 1 unspecified atom stereocenters. The van der Waals surface area contributed by atoms with Crippen molar-refractivity contribution in [3.8, 4) is 0 Å². The number of rotatable bonds is 44. The zero-order chi connectivity index (χ0) is 44.4. The largest absolute Gasteiger partial charge is 0.464 e. The molecule has 1 atom stereocenters. The lowest BCUT2D eigenvalue weighted by atomic mass is 9.92. The maximum atomic E-state index is 12.7. The Morgan fingerprint density at radius 3 is 1.36 bits per heavy atom. The molecular weight excluding hydrogens is 779 g/mol. The topological polar surface area (TPSA) is 136 Å². The molecular formula is C49H91NO11. The number of hydrogen-bond donors (Lipinski definition) is 0. The lowest BCUT2D eigenvalue weighted by molar-refractivity contribution is -0.157. The predicted molar refractivity (Wildman–Crippen MR) is 241 cm³/mol. The molecule has 61 heavy (non-hydrogen) atoms. The smallest absolute Gasteiger partial charge is 0.332 e. The Kier molecular flexibility index (Phi) is 38.8. The molecule has 0 aromatic carbocycles. The molecule has 1 heterocycles. The quantitative estimate of drug-likeness (QED) is 0.0327. The third-order valence-corrected chi connectivity index (χ3v) is 11.6. The van der Waals surface area contributed by atoms with Crippen LogP contribution in [0.15, 0.2) is 0 Å². The maximum absolute atomic E-state index is 12.7. The van der Waals surface area contributed by atoms with Gasteiger partial charge in [0.05, 0.1) is 33.0 Å². The standard InChI is InChI=1S/C49H91NO11/c1-5-9-13-22-43(23-14-10-6-2)29-36-59-47(52)40-56-39-38-55-34-20-26-45(61-46(51)28-19-33-50-31-17-18-32-50)27-21-35-58-48(53)41-57-42-49(54)60-37-30-44(24-15-11-7-3)25-16-12-8-4/h43-45H,5-42H2,1-4H3. The van der Waals surface area contributed by atoms with Gasteiger partial charge in [0.15, 0.2) is 0 Å². The fraction of sp³-hybridized carbons (Fsp3) is 0.918. The Hall–Kier alpha value is -2.28. The SMILES string of the molecule is CCCCCC(CCCCC)CCOC(=O)COCCOCCCC(CCCOC(=O)COCC(=O)OCCC(CCCCC)CCCCC)OC(=O)CCCN1CCCC1. The minimum atomic E-state index is -0.553. The lowest BCUT2D eigenvalue weighted by Crippen LogP contribution is -2.23. The molecule has 0 aromatic rings. The lowest BCUT2D eigenvalue weighted by Gasteiger charge is -2.19. The summed E-state index contributed by atoms with van der Waals surface area (Å²) in [5.74, 6) is -0.392. The summed E-state index contributed by atoms with van der Waals surface area (Å²) < 4.78 is 38.6. The van der Waals surface area contributed by atoms with Crippen molar-refractivity contribution in [3.63, 3.8) is 0 Å². The summed E-state index contributed by atoms with van der Waals surface area (Å²) in [5, 5.41) is 0. The molecule has 0 aromatic heterocycles.